The van der Waals surface area contributed by atoms with Crippen LogP contribution in [0.25, 0.3) is 0 Å². The molecular formula is C36H57N3O8. The average molecular weight is 660 g/mol. The molecular weight excluding hydrogens is 602 g/mol. The molecule has 47 heavy (non-hydrogen) atoms. The van der Waals surface area contributed by atoms with Gasteiger partial charge in [0.2, 0.25) is 0 Å². The summed E-state index contributed by atoms with van der Waals surface area (Å²) in [5.41, 5.74) is -0.382. The van der Waals surface area contributed by atoms with E-state index in [1.165, 1.54) is 0 Å². The summed E-state index contributed by atoms with van der Waals surface area (Å²) in [7, 11) is 0. The lowest BCUT2D eigenvalue weighted by atomic mass is 9.91. The predicted molar refractivity (Wildman–Crippen MR) is 178 cm³/mol. The lowest BCUT2D eigenvalue weighted by Gasteiger charge is -2.35. The van der Waals surface area contributed by atoms with Crippen molar-refractivity contribution < 1.29 is 39.1 Å². The third kappa shape index (κ3) is 12.3. The van der Waals surface area contributed by atoms with Gasteiger partial charge in [-0.25, -0.2) is 4.79 Å². The Balaban J connectivity index is 1.68. The van der Waals surface area contributed by atoms with Gasteiger partial charge < -0.3 is 34.4 Å². The first-order valence-corrected chi connectivity index (χ1v) is 17.3. The number of ether oxygens (including phenoxy) is 3. The topological polar surface area (TPSA) is 156 Å². The van der Waals surface area contributed by atoms with Crippen molar-refractivity contribution in [1.29, 1.82) is 5.26 Å². The molecule has 0 aliphatic carbocycles. The maximum Gasteiger partial charge on any atom is 0.410 e. The Morgan fingerprint density at radius 1 is 1.23 bits per heavy atom. The summed E-state index contributed by atoms with van der Waals surface area (Å²) in [5, 5.41) is 40.6. The van der Waals surface area contributed by atoms with Gasteiger partial charge in [-0.1, -0.05) is 52.0 Å². The number of hydrogen-bond acceptors (Lipinski definition) is 10. The van der Waals surface area contributed by atoms with Crippen molar-refractivity contribution in [2.75, 3.05) is 32.7 Å². The third-order valence-electron chi connectivity index (χ3n) is 9.71. The Labute approximate surface area is 280 Å². The Morgan fingerprint density at radius 3 is 2.60 bits per heavy atom. The number of allylic oxidation sites excluding steroid dienone is 2. The van der Waals surface area contributed by atoms with E-state index in [0.29, 0.717) is 64.8 Å². The number of piperazine rings is 1. The molecule has 3 aliphatic rings. The van der Waals surface area contributed by atoms with Crippen LogP contribution in [0.1, 0.15) is 80.1 Å². The number of nitriles is 1. The number of epoxide rings is 1. The van der Waals surface area contributed by atoms with Gasteiger partial charge in [-0.3, -0.25) is 9.69 Å². The van der Waals surface area contributed by atoms with Crippen molar-refractivity contribution in [3.05, 3.63) is 36.0 Å². The van der Waals surface area contributed by atoms with E-state index in [1.54, 1.807) is 24.0 Å². The van der Waals surface area contributed by atoms with E-state index >= 15 is 0 Å². The van der Waals surface area contributed by atoms with Crippen LogP contribution in [0.5, 0.6) is 0 Å². The van der Waals surface area contributed by atoms with Crippen LogP contribution < -0.4 is 0 Å². The first-order chi connectivity index (χ1) is 22.2. The monoisotopic (exact) mass is 659 g/mol. The minimum absolute atomic E-state index is 0.00151. The van der Waals surface area contributed by atoms with Crippen molar-refractivity contribution in [3.63, 3.8) is 0 Å². The molecule has 0 spiro atoms. The molecule has 2 saturated heterocycles. The van der Waals surface area contributed by atoms with Gasteiger partial charge in [0.1, 0.15) is 12.2 Å². The highest BCUT2D eigenvalue weighted by Crippen LogP contribution is 2.37. The SMILES string of the molecule is CCC(O)C(C)C1OC1CC(C)(O)/C=C/C=C(\C)C1OC(=O)CC(O)CCC(C)C(OC(=O)N2CCN(CCC#N)CC2)/C=C\C1C. The molecule has 3 heterocycles. The van der Waals surface area contributed by atoms with E-state index in [2.05, 4.69) is 11.0 Å². The second-order valence-electron chi connectivity index (χ2n) is 14.0. The molecule has 0 aromatic heterocycles. The predicted octanol–water partition coefficient (Wildman–Crippen LogP) is 4.13. The molecule has 10 atom stereocenters. The molecule has 264 valence electrons. The second-order valence-corrected chi connectivity index (χ2v) is 14.0. The van der Waals surface area contributed by atoms with Crippen LogP contribution in [0, 0.1) is 29.1 Å². The summed E-state index contributed by atoms with van der Waals surface area (Å²) in [6.07, 6.45) is 8.27. The third-order valence-corrected chi connectivity index (χ3v) is 9.71. The molecule has 10 unspecified atom stereocenters. The number of esters is 1. The first-order valence-electron chi connectivity index (χ1n) is 17.3. The highest BCUT2D eigenvalue weighted by Gasteiger charge is 2.47. The molecule has 11 nitrogen and oxygen atoms in total. The number of nitrogens with zero attached hydrogens (tertiary/aromatic N) is 3. The molecule has 3 rings (SSSR count). The van der Waals surface area contributed by atoms with Gasteiger partial charge in [0.15, 0.2) is 0 Å². The maximum atomic E-state index is 13.2. The molecule has 3 N–H and O–H groups in total. The van der Waals surface area contributed by atoms with Crippen molar-refractivity contribution in [3.8, 4) is 6.07 Å². The van der Waals surface area contributed by atoms with Gasteiger partial charge in [-0.15, -0.1) is 0 Å². The van der Waals surface area contributed by atoms with Crippen LogP contribution in [-0.2, 0) is 19.0 Å². The van der Waals surface area contributed by atoms with Crippen LogP contribution in [0.2, 0.25) is 0 Å². The molecule has 0 bridgehead atoms. The molecule has 1 amide bonds. The number of cyclic esters (lactones) is 1. The van der Waals surface area contributed by atoms with Crippen LogP contribution >= 0.6 is 0 Å². The summed E-state index contributed by atoms with van der Waals surface area (Å²) in [5.74, 6) is -0.854. The first kappa shape index (κ1) is 38.7. The zero-order valence-electron chi connectivity index (χ0n) is 29.1. The second kappa shape index (κ2) is 18.1. The van der Waals surface area contributed by atoms with Crippen molar-refractivity contribution in [1.82, 2.24) is 9.80 Å². The molecule has 0 radical (unpaired) electrons. The Kier molecular flexibility index (Phi) is 14.9. The van der Waals surface area contributed by atoms with Gasteiger partial charge in [-0.05, 0) is 50.7 Å². The van der Waals surface area contributed by atoms with Crippen LogP contribution in [0.4, 0.5) is 4.79 Å². The molecule has 0 aromatic carbocycles. The number of carbonyl (C=O) groups is 2. The Morgan fingerprint density at radius 2 is 1.94 bits per heavy atom. The van der Waals surface area contributed by atoms with Crippen LogP contribution in [-0.4, -0.2) is 112 Å². The number of aliphatic hydroxyl groups is 3. The highest BCUT2D eigenvalue weighted by atomic mass is 16.6. The minimum Gasteiger partial charge on any atom is -0.457 e. The van der Waals surface area contributed by atoms with Crippen molar-refractivity contribution >= 4 is 12.1 Å². The lowest BCUT2D eigenvalue weighted by Crippen LogP contribution is -2.49. The molecule has 0 aromatic rings. The van der Waals surface area contributed by atoms with E-state index < -0.39 is 36.0 Å². The summed E-state index contributed by atoms with van der Waals surface area (Å²) < 4.78 is 17.6. The fraction of sp³-hybridized carbons (Fsp3) is 0.750. The van der Waals surface area contributed by atoms with Crippen LogP contribution in [0.15, 0.2) is 36.0 Å². The minimum atomic E-state index is -1.14. The Hall–Kier alpha value is -2.75. The molecule has 2 fully saturated rings. The van der Waals surface area contributed by atoms with Gasteiger partial charge in [-0.2, -0.15) is 5.26 Å². The molecule has 0 saturated carbocycles. The van der Waals surface area contributed by atoms with Crippen molar-refractivity contribution in [2.45, 2.75) is 122 Å². The average Bonchev–Trinajstić information content (AvgIpc) is 3.79. The highest BCUT2D eigenvalue weighted by molar-refractivity contribution is 5.70. The number of aliphatic hydroxyl groups excluding tert-OH is 2. The number of carbonyl (C=O) groups excluding carboxylic acids is 2. The summed E-state index contributed by atoms with van der Waals surface area (Å²) in [6, 6.07) is 2.16. The van der Waals surface area contributed by atoms with Gasteiger partial charge in [0.05, 0.1) is 42.5 Å². The standard InChI is InChI=1S/C36H57N3O8/c1-7-29(41)27(5)34-31(45-34)23-36(6,44)15-8-10-25(3)33-26(4)12-14-30(24(2)11-13-28(40)22-32(42)47-33)46-35(43)39-20-18-38(19-21-39)17-9-16-37/h8,10,12,14-15,24,26-31,33-34,40-41,44H,7,9,11,13,17-23H2,1-6H3/b14-12-,15-8+,25-10+. The zero-order chi connectivity index (χ0) is 34.7. The maximum absolute atomic E-state index is 13.2. The fourth-order valence-electron chi connectivity index (χ4n) is 6.35. The van der Waals surface area contributed by atoms with Crippen LogP contribution in [0.3, 0.4) is 0 Å². The van der Waals surface area contributed by atoms with E-state index in [0.717, 1.165) is 5.57 Å². The summed E-state index contributed by atoms with van der Waals surface area (Å²) in [4.78, 5) is 29.8. The zero-order valence-corrected chi connectivity index (χ0v) is 29.1. The normalized spacial score (nSPS) is 33.0. The summed E-state index contributed by atoms with van der Waals surface area (Å²) in [6.45, 7) is 14.5. The molecule has 3 aliphatic heterocycles. The van der Waals surface area contributed by atoms with E-state index in [-0.39, 0.29) is 42.5 Å². The van der Waals surface area contributed by atoms with E-state index in [4.69, 9.17) is 19.5 Å². The number of hydrogen-bond donors (Lipinski definition) is 3. The fourth-order valence-corrected chi connectivity index (χ4v) is 6.35. The molecule has 11 heteroatoms. The number of amides is 1. The number of rotatable bonds is 11. The summed E-state index contributed by atoms with van der Waals surface area (Å²) >= 11 is 0. The Bertz CT molecular complexity index is 1160. The van der Waals surface area contributed by atoms with Gasteiger partial charge in [0, 0.05) is 57.4 Å². The van der Waals surface area contributed by atoms with Gasteiger partial charge in [0.25, 0.3) is 0 Å². The lowest BCUT2D eigenvalue weighted by molar-refractivity contribution is -0.151. The van der Waals surface area contributed by atoms with Crippen molar-refractivity contribution in [2.24, 2.45) is 17.8 Å². The van der Waals surface area contributed by atoms with E-state index in [9.17, 15) is 24.9 Å². The smallest absolute Gasteiger partial charge is 0.410 e. The quantitative estimate of drug-likeness (QED) is 0.128. The van der Waals surface area contributed by atoms with Gasteiger partial charge >= 0.3 is 12.1 Å². The van der Waals surface area contributed by atoms with E-state index in [1.807, 2.05) is 52.8 Å². The largest absolute Gasteiger partial charge is 0.457 e.